The number of aliphatic carboxylic acids is 1. The maximum atomic E-state index is 12.3. The van der Waals surface area contributed by atoms with E-state index in [0.29, 0.717) is 19.5 Å². The zero-order valence-corrected chi connectivity index (χ0v) is 13.4. The van der Waals surface area contributed by atoms with Crippen LogP contribution in [0, 0.1) is 11.3 Å². The van der Waals surface area contributed by atoms with Crippen LogP contribution in [0.4, 0.5) is 0 Å². The average Bonchev–Trinajstić information content (AvgIpc) is 2.43. The Labute approximate surface area is 125 Å². The summed E-state index contributed by atoms with van der Waals surface area (Å²) in [5.74, 6) is 0.0176. The molecule has 6 heteroatoms. The minimum Gasteiger partial charge on any atom is -0.481 e. The van der Waals surface area contributed by atoms with Gasteiger partial charge in [0.1, 0.15) is 0 Å². The van der Waals surface area contributed by atoms with Crippen molar-refractivity contribution >= 4 is 23.6 Å². The first-order valence-electron chi connectivity index (χ1n) is 7.07. The van der Waals surface area contributed by atoms with Crippen LogP contribution < -0.4 is 5.73 Å². The second kappa shape index (κ2) is 7.31. The van der Waals surface area contributed by atoms with E-state index in [4.69, 9.17) is 5.73 Å². The lowest BCUT2D eigenvalue weighted by Gasteiger charge is -2.40. The predicted molar refractivity (Wildman–Crippen MR) is 81.7 cm³/mol. The Morgan fingerprint density at radius 2 is 2.15 bits per heavy atom. The van der Waals surface area contributed by atoms with E-state index in [0.717, 1.165) is 18.6 Å². The zero-order chi connectivity index (χ0) is 15.3. The molecular formula is C14H26N2O3S. The normalized spacial score (nSPS) is 21.6. The molecule has 3 N–H and O–H groups in total. The molecule has 1 amide bonds. The molecule has 5 nitrogen and oxygen atoms in total. The fourth-order valence-electron chi connectivity index (χ4n) is 2.54. The van der Waals surface area contributed by atoms with Crippen LogP contribution in [0.15, 0.2) is 0 Å². The second-order valence-electron chi connectivity index (χ2n) is 6.04. The van der Waals surface area contributed by atoms with Gasteiger partial charge in [0.2, 0.25) is 5.91 Å². The van der Waals surface area contributed by atoms with Gasteiger partial charge in [-0.3, -0.25) is 9.59 Å². The molecule has 1 saturated heterocycles. The Morgan fingerprint density at radius 3 is 2.70 bits per heavy atom. The Bertz CT molecular complexity index is 360. The molecule has 2 atom stereocenters. The van der Waals surface area contributed by atoms with Crippen LogP contribution in [-0.4, -0.2) is 53.0 Å². The van der Waals surface area contributed by atoms with Crippen molar-refractivity contribution in [2.75, 3.05) is 25.1 Å². The number of hydrogen-bond acceptors (Lipinski definition) is 4. The number of hydrogen-bond donors (Lipinski definition) is 2. The highest BCUT2D eigenvalue weighted by molar-refractivity contribution is 7.98. The summed E-state index contributed by atoms with van der Waals surface area (Å²) in [7, 11) is 0. The fourth-order valence-corrected chi connectivity index (χ4v) is 3.03. The van der Waals surface area contributed by atoms with E-state index in [2.05, 4.69) is 0 Å². The lowest BCUT2D eigenvalue weighted by atomic mass is 9.74. The van der Waals surface area contributed by atoms with Crippen molar-refractivity contribution in [1.29, 1.82) is 0 Å². The van der Waals surface area contributed by atoms with Crippen LogP contribution in [0.25, 0.3) is 0 Å². The number of rotatable bonds is 6. The van der Waals surface area contributed by atoms with Gasteiger partial charge in [0.05, 0.1) is 11.5 Å². The molecule has 1 aliphatic heterocycles. The van der Waals surface area contributed by atoms with Crippen molar-refractivity contribution in [3.05, 3.63) is 0 Å². The molecule has 0 aromatic heterocycles. The molecule has 1 fully saturated rings. The third-order valence-corrected chi connectivity index (χ3v) is 4.90. The van der Waals surface area contributed by atoms with Gasteiger partial charge in [-0.25, -0.2) is 0 Å². The highest BCUT2D eigenvalue weighted by Gasteiger charge is 2.40. The summed E-state index contributed by atoms with van der Waals surface area (Å²) in [6.45, 7) is 4.67. The number of amides is 1. The van der Waals surface area contributed by atoms with Crippen LogP contribution in [0.2, 0.25) is 0 Å². The third kappa shape index (κ3) is 4.12. The van der Waals surface area contributed by atoms with Gasteiger partial charge in [-0.2, -0.15) is 11.8 Å². The Balaban J connectivity index is 2.65. The van der Waals surface area contributed by atoms with Crippen LogP contribution in [0.3, 0.4) is 0 Å². The van der Waals surface area contributed by atoms with Gasteiger partial charge < -0.3 is 15.7 Å². The summed E-state index contributed by atoms with van der Waals surface area (Å²) < 4.78 is 0. The summed E-state index contributed by atoms with van der Waals surface area (Å²) in [4.78, 5) is 25.4. The molecule has 116 valence electrons. The SMILES string of the molecule is CSCC[C@H](N)C(=O)N1CCCC(C(C)(C)C(=O)O)C1. The molecule has 20 heavy (non-hydrogen) atoms. The van der Waals surface area contributed by atoms with Crippen LogP contribution in [-0.2, 0) is 9.59 Å². The number of carboxylic acid groups (broad SMARTS) is 1. The second-order valence-corrected chi connectivity index (χ2v) is 7.02. The summed E-state index contributed by atoms with van der Waals surface area (Å²) in [5, 5.41) is 9.31. The summed E-state index contributed by atoms with van der Waals surface area (Å²) in [6, 6.07) is -0.464. The van der Waals surface area contributed by atoms with Crippen molar-refractivity contribution in [3.8, 4) is 0 Å². The molecule has 1 rings (SSSR count). The first-order valence-corrected chi connectivity index (χ1v) is 8.46. The van der Waals surface area contributed by atoms with Crippen molar-refractivity contribution in [2.45, 2.75) is 39.2 Å². The van der Waals surface area contributed by atoms with Crippen molar-refractivity contribution < 1.29 is 14.7 Å². The van der Waals surface area contributed by atoms with Gasteiger partial charge in [0.25, 0.3) is 0 Å². The first-order chi connectivity index (χ1) is 9.30. The average molecular weight is 302 g/mol. The molecule has 1 unspecified atom stereocenters. The van der Waals surface area contributed by atoms with Crippen LogP contribution >= 0.6 is 11.8 Å². The number of thioether (sulfide) groups is 1. The fraction of sp³-hybridized carbons (Fsp3) is 0.857. The predicted octanol–water partition coefficient (Wildman–Crippen LogP) is 1.42. The molecule has 0 radical (unpaired) electrons. The molecule has 0 bridgehead atoms. The highest BCUT2D eigenvalue weighted by Crippen LogP contribution is 2.34. The topological polar surface area (TPSA) is 83.6 Å². The van der Waals surface area contributed by atoms with E-state index in [1.54, 1.807) is 30.5 Å². The van der Waals surface area contributed by atoms with E-state index in [-0.39, 0.29) is 11.8 Å². The summed E-state index contributed by atoms with van der Waals surface area (Å²) in [5.41, 5.74) is 5.12. The van der Waals surface area contributed by atoms with E-state index in [1.807, 2.05) is 6.26 Å². The molecule has 0 spiro atoms. The Kier molecular flexibility index (Phi) is 6.33. The minimum atomic E-state index is -0.803. The molecule has 1 heterocycles. The quantitative estimate of drug-likeness (QED) is 0.775. The van der Waals surface area contributed by atoms with Crippen molar-refractivity contribution in [2.24, 2.45) is 17.1 Å². The number of carboxylic acids is 1. The summed E-state index contributed by atoms with van der Waals surface area (Å²) in [6.07, 6.45) is 4.36. The maximum Gasteiger partial charge on any atom is 0.309 e. The maximum absolute atomic E-state index is 12.3. The number of carbonyl (C=O) groups excluding carboxylic acids is 1. The van der Waals surface area contributed by atoms with Gasteiger partial charge in [0, 0.05) is 13.1 Å². The number of nitrogens with two attached hydrogens (primary N) is 1. The monoisotopic (exact) mass is 302 g/mol. The standard InChI is InChI=1S/C14H26N2O3S/c1-14(2,13(18)19)10-5-4-7-16(9-10)12(17)11(15)6-8-20-3/h10-11H,4-9,15H2,1-3H3,(H,18,19)/t10?,11-/m0/s1. The highest BCUT2D eigenvalue weighted by atomic mass is 32.2. The Morgan fingerprint density at radius 1 is 1.50 bits per heavy atom. The number of piperidine rings is 1. The van der Waals surface area contributed by atoms with E-state index in [1.165, 1.54) is 0 Å². The zero-order valence-electron chi connectivity index (χ0n) is 12.6. The lowest BCUT2D eigenvalue weighted by Crippen LogP contribution is -2.51. The van der Waals surface area contributed by atoms with Crippen LogP contribution in [0.1, 0.15) is 33.1 Å². The Hall–Kier alpha value is -0.750. The van der Waals surface area contributed by atoms with E-state index < -0.39 is 17.4 Å². The number of carbonyl (C=O) groups is 2. The minimum absolute atomic E-state index is 0.00884. The van der Waals surface area contributed by atoms with Crippen molar-refractivity contribution in [3.63, 3.8) is 0 Å². The molecule has 1 aliphatic rings. The molecule has 0 saturated carbocycles. The van der Waals surface area contributed by atoms with Crippen LogP contribution in [0.5, 0.6) is 0 Å². The first kappa shape index (κ1) is 17.3. The molecular weight excluding hydrogens is 276 g/mol. The molecule has 0 aromatic rings. The van der Waals surface area contributed by atoms with E-state index in [9.17, 15) is 14.7 Å². The summed E-state index contributed by atoms with van der Waals surface area (Å²) >= 11 is 1.67. The van der Waals surface area contributed by atoms with Gasteiger partial charge in [-0.15, -0.1) is 0 Å². The largest absolute Gasteiger partial charge is 0.481 e. The number of nitrogens with zero attached hydrogens (tertiary/aromatic N) is 1. The smallest absolute Gasteiger partial charge is 0.309 e. The van der Waals surface area contributed by atoms with Gasteiger partial charge in [-0.05, 0) is 51.0 Å². The lowest BCUT2D eigenvalue weighted by molar-refractivity contribution is -0.153. The molecule has 0 aromatic carbocycles. The van der Waals surface area contributed by atoms with E-state index >= 15 is 0 Å². The molecule has 0 aliphatic carbocycles. The van der Waals surface area contributed by atoms with Gasteiger partial charge >= 0.3 is 5.97 Å². The van der Waals surface area contributed by atoms with Gasteiger partial charge in [0.15, 0.2) is 0 Å². The third-order valence-electron chi connectivity index (χ3n) is 4.26. The number of likely N-dealkylation sites (tertiary alicyclic amines) is 1. The van der Waals surface area contributed by atoms with Crippen molar-refractivity contribution in [1.82, 2.24) is 4.90 Å². The van der Waals surface area contributed by atoms with Gasteiger partial charge in [-0.1, -0.05) is 0 Å².